The number of hydrogen-bond acceptors (Lipinski definition) is 5. The molecule has 0 fully saturated rings. The number of rotatable bonds is 10. The molecule has 0 rings (SSSR count). The summed E-state index contributed by atoms with van der Waals surface area (Å²) in [4.78, 5) is 45.9. The summed E-state index contributed by atoms with van der Waals surface area (Å²) in [5, 5.41) is 22.4. The van der Waals surface area contributed by atoms with E-state index in [1.54, 1.807) is 0 Å². The molecule has 138 valence electrons. The second-order valence-corrected chi connectivity index (χ2v) is 6.65. The molecule has 24 heavy (non-hydrogen) atoms. The first-order valence-corrected chi connectivity index (χ1v) is 7.70. The third kappa shape index (κ3) is 7.91. The molecule has 0 spiro atoms. The van der Waals surface area contributed by atoms with Crippen LogP contribution >= 0.6 is 0 Å². The quantitative estimate of drug-likeness (QED) is 0.363. The molecule has 0 radical (unpaired) electrons. The van der Waals surface area contributed by atoms with Crippen LogP contribution in [0.4, 0.5) is 0 Å². The van der Waals surface area contributed by atoms with Gasteiger partial charge in [0.2, 0.25) is 11.8 Å². The largest absolute Gasteiger partial charge is 0.481 e. The van der Waals surface area contributed by atoms with E-state index in [9.17, 15) is 19.2 Å². The van der Waals surface area contributed by atoms with E-state index >= 15 is 0 Å². The number of nitrogens with two attached hydrogens (primary N) is 1. The van der Waals surface area contributed by atoms with Crippen LogP contribution in [0, 0.1) is 5.92 Å². The maximum Gasteiger partial charge on any atom is 0.326 e. The molecule has 2 atom stereocenters. The van der Waals surface area contributed by atoms with Gasteiger partial charge in [-0.05, 0) is 32.6 Å². The van der Waals surface area contributed by atoms with Crippen molar-refractivity contribution in [1.82, 2.24) is 10.6 Å². The molecule has 9 nitrogen and oxygen atoms in total. The van der Waals surface area contributed by atoms with Gasteiger partial charge < -0.3 is 26.6 Å². The van der Waals surface area contributed by atoms with E-state index in [2.05, 4.69) is 10.6 Å². The van der Waals surface area contributed by atoms with Gasteiger partial charge >= 0.3 is 11.9 Å². The average Bonchev–Trinajstić information content (AvgIpc) is 2.41. The van der Waals surface area contributed by atoms with Crippen LogP contribution < -0.4 is 16.4 Å². The Labute approximate surface area is 141 Å². The van der Waals surface area contributed by atoms with Crippen molar-refractivity contribution in [2.24, 2.45) is 11.7 Å². The molecule has 0 unspecified atom stereocenters. The average molecular weight is 345 g/mol. The van der Waals surface area contributed by atoms with Crippen LogP contribution in [-0.4, -0.2) is 51.6 Å². The second-order valence-electron chi connectivity index (χ2n) is 6.65. The summed E-state index contributed by atoms with van der Waals surface area (Å²) in [6, 6.07) is -2.13. The van der Waals surface area contributed by atoms with Gasteiger partial charge in [0.1, 0.15) is 11.6 Å². The van der Waals surface area contributed by atoms with Crippen molar-refractivity contribution < 1.29 is 29.4 Å². The molecule has 0 aromatic heterocycles. The molecule has 0 aliphatic rings. The monoisotopic (exact) mass is 345 g/mol. The maximum atomic E-state index is 12.2. The van der Waals surface area contributed by atoms with Gasteiger partial charge in [-0.25, -0.2) is 4.79 Å². The summed E-state index contributed by atoms with van der Waals surface area (Å²) in [6.07, 6.45) is -0.212. The Morgan fingerprint density at radius 3 is 2.08 bits per heavy atom. The van der Waals surface area contributed by atoms with E-state index in [1.165, 1.54) is 13.8 Å². The third-order valence-corrected chi connectivity index (χ3v) is 3.32. The topological polar surface area (TPSA) is 159 Å². The van der Waals surface area contributed by atoms with Crippen LogP contribution in [0.3, 0.4) is 0 Å². The van der Waals surface area contributed by atoms with Crippen molar-refractivity contribution in [3.63, 3.8) is 0 Å². The van der Waals surface area contributed by atoms with Gasteiger partial charge in [0, 0.05) is 6.42 Å². The Bertz CT molecular complexity index is 490. The molecule has 9 heteroatoms. The predicted octanol–water partition coefficient (Wildman–Crippen LogP) is -0.311. The van der Waals surface area contributed by atoms with Crippen LogP contribution in [0.5, 0.6) is 0 Å². The highest BCUT2D eigenvalue weighted by Crippen LogP contribution is 2.08. The fourth-order valence-corrected chi connectivity index (χ4v) is 1.94. The smallest absolute Gasteiger partial charge is 0.326 e. The molecular formula is C15H27N3O6. The molecule has 0 aliphatic heterocycles. The molecule has 2 amide bonds. The second kappa shape index (κ2) is 9.21. The van der Waals surface area contributed by atoms with Gasteiger partial charge in [0.15, 0.2) is 0 Å². The Balaban J connectivity index is 4.82. The minimum atomic E-state index is -1.39. The zero-order chi connectivity index (χ0) is 19.1. The fraction of sp³-hybridized carbons (Fsp3) is 0.733. The zero-order valence-corrected chi connectivity index (χ0v) is 14.5. The predicted molar refractivity (Wildman–Crippen MR) is 86.1 cm³/mol. The Hall–Kier alpha value is -2.16. The Kier molecular flexibility index (Phi) is 8.38. The molecule has 0 aliphatic carbocycles. The zero-order valence-electron chi connectivity index (χ0n) is 14.5. The third-order valence-electron chi connectivity index (χ3n) is 3.32. The van der Waals surface area contributed by atoms with Crippen molar-refractivity contribution in [3.8, 4) is 0 Å². The van der Waals surface area contributed by atoms with Gasteiger partial charge in [0.05, 0.1) is 6.04 Å². The lowest BCUT2D eigenvalue weighted by atomic mass is 9.99. The number of carbonyl (C=O) groups is 4. The van der Waals surface area contributed by atoms with Crippen LogP contribution in [0.25, 0.3) is 0 Å². The Morgan fingerprint density at radius 1 is 1.12 bits per heavy atom. The number of hydrogen-bond donors (Lipinski definition) is 5. The van der Waals surface area contributed by atoms with E-state index in [4.69, 9.17) is 15.9 Å². The lowest BCUT2D eigenvalue weighted by Crippen LogP contribution is -2.60. The van der Waals surface area contributed by atoms with Crippen LogP contribution in [0.15, 0.2) is 0 Å². The number of carbonyl (C=O) groups excluding carboxylic acids is 2. The summed E-state index contributed by atoms with van der Waals surface area (Å²) < 4.78 is 0. The summed E-state index contributed by atoms with van der Waals surface area (Å²) in [5.74, 6) is -3.55. The van der Waals surface area contributed by atoms with Crippen LogP contribution in [0.1, 0.15) is 47.0 Å². The lowest BCUT2D eigenvalue weighted by Gasteiger charge is -2.28. The van der Waals surface area contributed by atoms with Crippen molar-refractivity contribution in [1.29, 1.82) is 0 Å². The van der Waals surface area contributed by atoms with Gasteiger partial charge in [-0.1, -0.05) is 13.8 Å². The normalized spacial score (nSPS) is 13.9. The standard InChI is InChI=1S/C15H27N3O6/c1-8(2)7-9(16)12(21)18-15(3,4)14(24)17-10(13(22)23)5-6-11(19)20/h8-10H,5-7,16H2,1-4H3,(H,17,24)(H,18,21)(H,19,20)(H,22,23)/t9-,10+/m1/s1. The van der Waals surface area contributed by atoms with Crippen molar-refractivity contribution in [2.45, 2.75) is 64.6 Å². The minimum Gasteiger partial charge on any atom is -0.481 e. The maximum absolute atomic E-state index is 12.2. The number of aliphatic carboxylic acids is 2. The number of nitrogens with one attached hydrogen (secondary N) is 2. The number of carboxylic acids is 2. The molecule has 0 aromatic carbocycles. The van der Waals surface area contributed by atoms with Gasteiger partial charge in [0.25, 0.3) is 0 Å². The molecule has 6 N–H and O–H groups in total. The molecule has 0 bridgehead atoms. The summed E-state index contributed by atoms with van der Waals surface area (Å²) in [5.41, 5.74) is 4.37. The molecule has 0 saturated heterocycles. The SMILES string of the molecule is CC(C)C[C@@H](N)C(=O)NC(C)(C)C(=O)N[C@@H](CCC(=O)O)C(=O)O. The Morgan fingerprint density at radius 2 is 1.67 bits per heavy atom. The first kappa shape index (κ1) is 21.8. The van der Waals surface area contributed by atoms with E-state index in [1.807, 2.05) is 13.8 Å². The van der Waals surface area contributed by atoms with Gasteiger partial charge in [-0.3, -0.25) is 14.4 Å². The van der Waals surface area contributed by atoms with Crippen molar-refractivity contribution in [2.75, 3.05) is 0 Å². The summed E-state index contributed by atoms with van der Waals surface area (Å²) >= 11 is 0. The highest BCUT2D eigenvalue weighted by Gasteiger charge is 2.34. The van der Waals surface area contributed by atoms with E-state index in [0.717, 1.165) is 0 Å². The van der Waals surface area contributed by atoms with E-state index in [-0.39, 0.29) is 12.3 Å². The van der Waals surface area contributed by atoms with E-state index < -0.39 is 47.8 Å². The summed E-state index contributed by atoms with van der Waals surface area (Å²) in [7, 11) is 0. The highest BCUT2D eigenvalue weighted by molar-refractivity contribution is 5.94. The fourth-order valence-electron chi connectivity index (χ4n) is 1.94. The van der Waals surface area contributed by atoms with Crippen LogP contribution in [-0.2, 0) is 19.2 Å². The summed E-state index contributed by atoms with van der Waals surface area (Å²) in [6.45, 7) is 6.65. The van der Waals surface area contributed by atoms with Gasteiger partial charge in [-0.15, -0.1) is 0 Å². The van der Waals surface area contributed by atoms with Crippen molar-refractivity contribution >= 4 is 23.8 Å². The lowest BCUT2D eigenvalue weighted by molar-refractivity contribution is -0.144. The number of amides is 2. The van der Waals surface area contributed by atoms with E-state index in [0.29, 0.717) is 6.42 Å². The first-order valence-electron chi connectivity index (χ1n) is 7.70. The van der Waals surface area contributed by atoms with Crippen LogP contribution in [0.2, 0.25) is 0 Å². The van der Waals surface area contributed by atoms with Crippen molar-refractivity contribution in [3.05, 3.63) is 0 Å². The van der Waals surface area contributed by atoms with Gasteiger partial charge in [-0.2, -0.15) is 0 Å². The highest BCUT2D eigenvalue weighted by atomic mass is 16.4. The minimum absolute atomic E-state index is 0.204. The molecule has 0 saturated carbocycles. The molecule has 0 heterocycles. The first-order chi connectivity index (χ1) is 10.9. The molecule has 0 aromatic rings. The number of carboxylic acid groups (broad SMARTS) is 2. The molecular weight excluding hydrogens is 318 g/mol.